The van der Waals surface area contributed by atoms with Crippen molar-refractivity contribution >= 4 is 5.97 Å². The molecule has 2 N–H and O–H groups in total. The van der Waals surface area contributed by atoms with E-state index in [9.17, 15) is 4.79 Å². The van der Waals surface area contributed by atoms with Crippen LogP contribution in [0.15, 0.2) is 0 Å². The van der Waals surface area contributed by atoms with Crippen LogP contribution in [0.2, 0.25) is 0 Å². The number of aliphatic hydroxyl groups is 2. The molecule has 0 aromatic carbocycles. The van der Waals surface area contributed by atoms with E-state index in [0.29, 0.717) is 310 Å². The zero-order valence-corrected chi connectivity index (χ0v) is 49.8. The van der Waals surface area contributed by atoms with Crippen LogP contribution in [0.5, 0.6) is 0 Å². The number of hydrogen-bond acceptors (Lipinski definition) is 28. The van der Waals surface area contributed by atoms with E-state index in [1.807, 2.05) is 0 Å². The zero-order valence-electron chi connectivity index (χ0n) is 49.8. The number of esters is 1. The number of ether oxygens (including phenoxy) is 24. The van der Waals surface area contributed by atoms with Crippen molar-refractivity contribution in [1.82, 2.24) is 4.90 Å². The highest BCUT2D eigenvalue weighted by Gasteiger charge is 2.09. The van der Waals surface area contributed by atoms with Gasteiger partial charge in [0.05, 0.1) is 317 Å². The molecule has 28 nitrogen and oxygen atoms in total. The summed E-state index contributed by atoms with van der Waals surface area (Å²) < 4.78 is 131. The second-order valence-corrected chi connectivity index (χ2v) is 16.7. The van der Waals surface area contributed by atoms with Crippen LogP contribution in [0.25, 0.3) is 0 Å². The third-order valence-electron chi connectivity index (χ3n) is 10.2. The Morgan fingerprint density at radius 2 is 0.378 bits per heavy atom. The van der Waals surface area contributed by atoms with Crippen LogP contribution in [-0.4, -0.2) is 365 Å². The normalized spacial score (nSPS) is 11.8. The second-order valence-electron chi connectivity index (χ2n) is 16.7. The fraction of sp³-hybridized carbons (Fsp3) is 0.981. The van der Waals surface area contributed by atoms with Crippen LogP contribution in [0.4, 0.5) is 0 Å². The Balaban J connectivity index is 3.12. The Kier molecular flexibility index (Phi) is 74.1. The summed E-state index contributed by atoms with van der Waals surface area (Å²) in [6.45, 7) is 22.9. The molecule has 0 aliphatic rings. The predicted molar refractivity (Wildman–Crippen MR) is 296 cm³/mol. The number of methoxy groups -OCH3 is 1. The summed E-state index contributed by atoms with van der Waals surface area (Å²) in [7, 11) is 1.64. The van der Waals surface area contributed by atoms with Gasteiger partial charge in [-0.2, -0.15) is 0 Å². The second kappa shape index (κ2) is 75.5. The molecule has 0 aliphatic heterocycles. The van der Waals surface area contributed by atoms with Crippen LogP contribution in [0.3, 0.4) is 0 Å². The maximum atomic E-state index is 11.8. The first-order valence-electron chi connectivity index (χ1n) is 29.0. The van der Waals surface area contributed by atoms with Crippen molar-refractivity contribution < 1.29 is 129 Å². The molecule has 0 saturated heterocycles. The van der Waals surface area contributed by atoms with E-state index < -0.39 is 0 Å². The number of carbonyl (C=O) groups is 1. The van der Waals surface area contributed by atoms with Gasteiger partial charge in [-0.3, -0.25) is 9.69 Å². The van der Waals surface area contributed by atoms with Gasteiger partial charge in [0.25, 0.3) is 0 Å². The highest BCUT2D eigenvalue weighted by atomic mass is 16.6. The summed E-state index contributed by atoms with van der Waals surface area (Å²) in [5.41, 5.74) is 0. The van der Waals surface area contributed by atoms with Gasteiger partial charge in [-0.05, 0) is 0 Å². The lowest BCUT2D eigenvalue weighted by molar-refractivity contribution is -0.145. The molecule has 0 amide bonds. The van der Waals surface area contributed by atoms with Gasteiger partial charge in [-0.25, -0.2) is 0 Å². The molecule has 0 atom stereocenters. The van der Waals surface area contributed by atoms with E-state index in [2.05, 4.69) is 0 Å². The molecular formula is C54H109NO27. The molecule has 0 heterocycles. The van der Waals surface area contributed by atoms with Gasteiger partial charge >= 0.3 is 5.97 Å². The standard InChI is InChI=1S/C54H109NO27/c1-59-8-9-60-10-11-61-12-13-62-14-15-63-16-17-64-18-19-65-20-21-66-22-23-67-24-25-68-26-27-69-28-29-70-30-31-71-32-33-72-34-35-73-36-37-74-38-39-75-40-41-76-42-43-77-44-45-78-46-47-79-48-49-80-50-51-81-52-53-82-54(58)2-3-55(4-6-56)5-7-57/h56-57H,2-53H2,1H3. The average Bonchev–Trinajstić information content (AvgIpc) is 3.48. The molecule has 28 heteroatoms. The summed E-state index contributed by atoms with van der Waals surface area (Å²) >= 11 is 0. The maximum Gasteiger partial charge on any atom is 0.307 e. The largest absolute Gasteiger partial charge is 0.463 e. The van der Waals surface area contributed by atoms with E-state index >= 15 is 0 Å². The topological polar surface area (TPSA) is 282 Å². The molecule has 0 aromatic rings. The van der Waals surface area contributed by atoms with Crippen LogP contribution < -0.4 is 0 Å². The minimum absolute atomic E-state index is 0.0324. The lowest BCUT2D eigenvalue weighted by Gasteiger charge is -2.19. The lowest BCUT2D eigenvalue weighted by Crippen LogP contribution is -2.32. The van der Waals surface area contributed by atoms with Crippen LogP contribution in [0.1, 0.15) is 6.42 Å². The van der Waals surface area contributed by atoms with Gasteiger partial charge in [0.15, 0.2) is 0 Å². The van der Waals surface area contributed by atoms with Gasteiger partial charge in [-0.15, -0.1) is 0 Å². The third kappa shape index (κ3) is 72.7. The molecule has 0 aliphatic carbocycles. The summed E-state index contributed by atoms with van der Waals surface area (Å²) in [5.74, 6) is -0.348. The van der Waals surface area contributed by atoms with E-state index in [1.165, 1.54) is 0 Å². The molecule has 0 unspecified atom stereocenters. The van der Waals surface area contributed by atoms with Crippen molar-refractivity contribution in [3.63, 3.8) is 0 Å². The minimum Gasteiger partial charge on any atom is -0.463 e. The predicted octanol–water partition coefficient (Wildman–Crippen LogP) is -0.782. The first-order valence-corrected chi connectivity index (χ1v) is 29.0. The Labute approximate surface area is 488 Å². The van der Waals surface area contributed by atoms with Crippen LogP contribution in [0, 0.1) is 0 Å². The molecule has 0 aromatic heterocycles. The highest BCUT2D eigenvalue weighted by Crippen LogP contribution is 1.95. The number of hydrogen-bond donors (Lipinski definition) is 2. The van der Waals surface area contributed by atoms with Crippen molar-refractivity contribution in [2.45, 2.75) is 6.42 Å². The SMILES string of the molecule is COCCOCCOCCOCCOCCOCCOCCOCCOCCOCCOCCOCCOCCOCCOCCOCCOCCOCCOCCOCCOCCOCCOCCOC(=O)CCN(CCO)CCO. The molecule has 0 rings (SSSR count). The molecule has 82 heavy (non-hydrogen) atoms. The maximum absolute atomic E-state index is 11.8. The Hall–Kier alpha value is -1.57. The van der Waals surface area contributed by atoms with Crippen molar-refractivity contribution in [1.29, 1.82) is 0 Å². The number of aliphatic hydroxyl groups excluding tert-OH is 2. The molecule has 0 fully saturated rings. The quantitative estimate of drug-likeness (QED) is 0.0558. The van der Waals surface area contributed by atoms with E-state index in [4.69, 9.17) is 124 Å². The summed E-state index contributed by atoms with van der Waals surface area (Å²) in [6, 6.07) is 0. The number of rotatable bonds is 76. The Morgan fingerprint density at radius 3 is 0.524 bits per heavy atom. The molecule has 0 spiro atoms. The molecule has 492 valence electrons. The van der Waals surface area contributed by atoms with Crippen molar-refractivity contribution in [3.05, 3.63) is 0 Å². The Bertz CT molecular complexity index is 1160. The average molecular weight is 1200 g/mol. The molecule has 0 radical (unpaired) electrons. The van der Waals surface area contributed by atoms with Gasteiger partial charge in [-0.1, -0.05) is 0 Å². The van der Waals surface area contributed by atoms with Crippen LogP contribution in [-0.2, 0) is 118 Å². The molecular weight excluding hydrogens is 1090 g/mol. The zero-order chi connectivity index (χ0) is 58.9. The van der Waals surface area contributed by atoms with Crippen LogP contribution >= 0.6 is 0 Å². The fourth-order valence-corrected chi connectivity index (χ4v) is 6.02. The number of nitrogens with zero attached hydrogens (tertiary/aromatic N) is 1. The molecule has 0 bridgehead atoms. The highest BCUT2D eigenvalue weighted by molar-refractivity contribution is 5.69. The van der Waals surface area contributed by atoms with E-state index in [-0.39, 0.29) is 38.8 Å². The Morgan fingerprint density at radius 1 is 0.232 bits per heavy atom. The van der Waals surface area contributed by atoms with Crippen molar-refractivity contribution in [2.24, 2.45) is 0 Å². The lowest BCUT2D eigenvalue weighted by atomic mass is 10.3. The van der Waals surface area contributed by atoms with Gasteiger partial charge < -0.3 is 124 Å². The summed E-state index contributed by atoms with van der Waals surface area (Å²) in [4.78, 5) is 13.6. The van der Waals surface area contributed by atoms with Crippen molar-refractivity contribution in [2.75, 3.05) is 344 Å². The van der Waals surface area contributed by atoms with Gasteiger partial charge in [0.1, 0.15) is 6.61 Å². The molecule has 0 saturated carbocycles. The smallest absolute Gasteiger partial charge is 0.307 e. The first-order chi connectivity index (χ1) is 40.7. The van der Waals surface area contributed by atoms with E-state index in [1.54, 1.807) is 12.0 Å². The summed E-state index contributed by atoms with van der Waals surface area (Å²) in [6.07, 6.45) is 0.185. The van der Waals surface area contributed by atoms with Crippen molar-refractivity contribution in [3.8, 4) is 0 Å². The number of carbonyl (C=O) groups excluding carboxylic acids is 1. The third-order valence-corrected chi connectivity index (χ3v) is 10.2. The minimum atomic E-state index is -0.348. The fourth-order valence-electron chi connectivity index (χ4n) is 6.02. The first kappa shape index (κ1) is 80.4. The van der Waals surface area contributed by atoms with Gasteiger partial charge in [0.2, 0.25) is 0 Å². The van der Waals surface area contributed by atoms with E-state index in [0.717, 1.165) is 0 Å². The summed E-state index contributed by atoms with van der Waals surface area (Å²) in [5, 5.41) is 18.0. The van der Waals surface area contributed by atoms with Gasteiger partial charge in [0, 0.05) is 26.7 Å². The monoisotopic (exact) mass is 1200 g/mol.